The standard InChI is InChI=1S/C52H56GeN2O2/c1-6-56-37-38-57-51-29-11-41(12-30-51)33-36-53(4,5)47-21-15-43(16-22-47)42-13-19-46(20-14-42)52(55-50-25-9-40(3)10-26-50)34-31-45(32-35-52)44-17-27-49(28-18-44)54-48-23-7-39(2)8-24-48/h7-32,34,54-55H,6,33,35-38H2,1-5H3. The van der Waals surface area contributed by atoms with Gasteiger partial charge in [-0.1, -0.05) is 47.5 Å². The van der Waals surface area contributed by atoms with Crippen molar-refractivity contribution in [2.45, 2.75) is 55.9 Å². The van der Waals surface area contributed by atoms with Gasteiger partial charge in [-0.05, 0) is 43.7 Å². The van der Waals surface area contributed by atoms with E-state index in [1.165, 1.54) is 49.8 Å². The minimum atomic E-state index is -2.22. The molecule has 0 radical (unpaired) electrons. The fourth-order valence-electron chi connectivity index (χ4n) is 7.47. The Morgan fingerprint density at radius 2 is 1.18 bits per heavy atom. The molecule has 0 aliphatic heterocycles. The Labute approximate surface area is 343 Å². The second-order valence-electron chi connectivity index (χ2n) is 16.0. The molecule has 4 nitrogen and oxygen atoms in total. The Morgan fingerprint density at radius 3 is 1.75 bits per heavy atom. The van der Waals surface area contributed by atoms with Crippen LogP contribution >= 0.6 is 0 Å². The van der Waals surface area contributed by atoms with E-state index in [4.69, 9.17) is 9.47 Å². The van der Waals surface area contributed by atoms with Crippen LogP contribution in [0.3, 0.4) is 0 Å². The van der Waals surface area contributed by atoms with Crippen LogP contribution in [0.15, 0.2) is 164 Å². The monoisotopic (exact) mass is 814 g/mol. The van der Waals surface area contributed by atoms with E-state index in [2.05, 4.69) is 200 Å². The number of aryl methyl sites for hydroxylation is 3. The fraction of sp³-hybridized carbons (Fsp3) is 0.231. The van der Waals surface area contributed by atoms with Crippen LogP contribution in [0.5, 0.6) is 5.75 Å². The Balaban J connectivity index is 1.02. The van der Waals surface area contributed by atoms with Crippen LogP contribution in [0.25, 0.3) is 16.7 Å². The molecule has 1 atom stereocenters. The number of allylic oxidation sites excluding steroid dienone is 2. The summed E-state index contributed by atoms with van der Waals surface area (Å²) in [7, 11) is 0. The van der Waals surface area contributed by atoms with Gasteiger partial charge in [0.1, 0.15) is 0 Å². The maximum absolute atomic E-state index is 5.81. The third-order valence-corrected chi connectivity index (χ3v) is 18.4. The zero-order valence-electron chi connectivity index (χ0n) is 34.1. The summed E-state index contributed by atoms with van der Waals surface area (Å²) in [6, 6.07) is 53.2. The molecule has 0 fully saturated rings. The van der Waals surface area contributed by atoms with Gasteiger partial charge < -0.3 is 5.32 Å². The van der Waals surface area contributed by atoms with Crippen molar-refractivity contribution in [1.29, 1.82) is 0 Å². The minimum absolute atomic E-state index is 0.372. The Bertz CT molecular complexity index is 2260. The first kappa shape index (κ1) is 39.9. The average Bonchev–Trinajstić information content (AvgIpc) is 3.24. The quantitative estimate of drug-likeness (QED) is 0.0755. The first-order chi connectivity index (χ1) is 27.7. The molecule has 0 saturated heterocycles. The van der Waals surface area contributed by atoms with Crippen molar-refractivity contribution < 1.29 is 9.47 Å². The van der Waals surface area contributed by atoms with Crippen LogP contribution in [0, 0.1) is 13.8 Å². The molecule has 57 heavy (non-hydrogen) atoms. The summed E-state index contributed by atoms with van der Waals surface area (Å²) in [6.07, 6.45) is 8.93. The zero-order chi connectivity index (χ0) is 39.7. The van der Waals surface area contributed by atoms with Crippen molar-refractivity contribution in [2.75, 3.05) is 30.5 Å². The van der Waals surface area contributed by atoms with E-state index >= 15 is 0 Å². The van der Waals surface area contributed by atoms with Crippen LogP contribution in [-0.4, -0.2) is 33.1 Å². The van der Waals surface area contributed by atoms with Crippen LogP contribution in [0.2, 0.25) is 16.8 Å². The predicted octanol–water partition coefficient (Wildman–Crippen LogP) is 12.6. The molecule has 0 saturated carbocycles. The van der Waals surface area contributed by atoms with Crippen molar-refractivity contribution in [2.24, 2.45) is 0 Å². The number of hydrogen-bond acceptors (Lipinski definition) is 4. The maximum atomic E-state index is 5.81. The van der Waals surface area contributed by atoms with Crippen LogP contribution in [-0.2, 0) is 16.7 Å². The Morgan fingerprint density at radius 1 is 0.614 bits per heavy atom. The molecular weight excluding hydrogens is 757 g/mol. The molecular formula is C52H56GeN2O2. The number of benzene rings is 6. The number of rotatable bonds is 16. The predicted molar refractivity (Wildman–Crippen MR) is 245 cm³/mol. The number of ether oxygens (including phenoxy) is 2. The van der Waals surface area contributed by atoms with Gasteiger partial charge in [-0.15, -0.1) is 0 Å². The summed E-state index contributed by atoms with van der Waals surface area (Å²) in [4.78, 5) is 0. The zero-order valence-corrected chi connectivity index (χ0v) is 36.2. The number of hydrogen-bond donors (Lipinski definition) is 2. The van der Waals surface area contributed by atoms with Gasteiger partial charge in [-0.2, -0.15) is 0 Å². The normalized spacial score (nSPS) is 15.2. The SMILES string of the molecule is CCOCCOc1ccc(C[CH2][Ge]([CH3])([CH3])[c]2ccc(-c3ccc(C4(Nc5ccc(C)cc5)C=CC(c5ccc(Nc6ccc(C)cc6)cc5)=CC4)cc3)cc2)cc1. The molecule has 1 unspecified atom stereocenters. The van der Waals surface area contributed by atoms with Gasteiger partial charge in [-0.25, -0.2) is 0 Å². The molecule has 0 amide bonds. The van der Waals surface area contributed by atoms with Crippen LogP contribution in [0.1, 0.15) is 41.2 Å². The summed E-state index contributed by atoms with van der Waals surface area (Å²) in [5.74, 6) is 5.98. The fourth-order valence-corrected chi connectivity index (χ4v) is 12.2. The summed E-state index contributed by atoms with van der Waals surface area (Å²) in [5, 5.41) is 8.69. The van der Waals surface area contributed by atoms with Gasteiger partial charge in [-0.3, -0.25) is 0 Å². The molecule has 0 spiro atoms. The van der Waals surface area contributed by atoms with Crippen molar-refractivity contribution in [3.05, 3.63) is 192 Å². The molecule has 2 N–H and O–H groups in total. The average molecular weight is 814 g/mol. The van der Waals surface area contributed by atoms with E-state index in [9.17, 15) is 0 Å². The molecule has 1 aliphatic rings. The number of nitrogens with one attached hydrogen (secondary N) is 2. The second kappa shape index (κ2) is 18.3. The first-order valence-corrected chi connectivity index (χ1v) is 27.1. The van der Waals surface area contributed by atoms with E-state index < -0.39 is 13.3 Å². The van der Waals surface area contributed by atoms with Crippen LogP contribution in [0.4, 0.5) is 17.1 Å². The summed E-state index contributed by atoms with van der Waals surface area (Å²) < 4.78 is 12.7. The second-order valence-corrected chi connectivity index (χ2v) is 26.1. The molecule has 290 valence electrons. The van der Waals surface area contributed by atoms with E-state index in [-0.39, 0.29) is 5.54 Å². The molecule has 1 aliphatic carbocycles. The molecule has 0 aromatic heterocycles. The van der Waals surface area contributed by atoms with Crippen molar-refractivity contribution in [3.8, 4) is 16.9 Å². The van der Waals surface area contributed by atoms with Crippen LogP contribution < -0.4 is 19.8 Å². The van der Waals surface area contributed by atoms with E-state index in [0.717, 1.165) is 42.3 Å². The molecule has 7 rings (SSSR count). The van der Waals surface area contributed by atoms with Crippen molar-refractivity contribution >= 4 is 40.3 Å². The van der Waals surface area contributed by atoms with E-state index in [0.29, 0.717) is 13.2 Å². The number of anilines is 3. The summed E-state index contributed by atoms with van der Waals surface area (Å²) in [5.41, 5.74) is 13.0. The van der Waals surface area contributed by atoms with Crippen molar-refractivity contribution in [1.82, 2.24) is 0 Å². The summed E-state index contributed by atoms with van der Waals surface area (Å²) in [6.45, 7) is 8.17. The molecule has 0 bridgehead atoms. The van der Waals surface area contributed by atoms with Gasteiger partial charge in [0.05, 0.1) is 0 Å². The van der Waals surface area contributed by atoms with Gasteiger partial charge in [0.15, 0.2) is 0 Å². The third-order valence-electron chi connectivity index (χ3n) is 11.2. The van der Waals surface area contributed by atoms with Gasteiger partial charge in [0.25, 0.3) is 0 Å². The molecule has 0 heterocycles. The topological polar surface area (TPSA) is 42.5 Å². The molecule has 6 aromatic rings. The van der Waals surface area contributed by atoms with Gasteiger partial charge >= 0.3 is 237 Å². The third kappa shape index (κ3) is 10.4. The summed E-state index contributed by atoms with van der Waals surface area (Å²) >= 11 is -2.22. The van der Waals surface area contributed by atoms with Gasteiger partial charge in [0, 0.05) is 11.4 Å². The van der Waals surface area contributed by atoms with Crippen molar-refractivity contribution in [3.63, 3.8) is 0 Å². The first-order valence-electron chi connectivity index (χ1n) is 20.4. The Kier molecular flexibility index (Phi) is 12.8. The molecule has 6 aromatic carbocycles. The Hall–Kier alpha value is -5.30. The van der Waals surface area contributed by atoms with E-state index in [1.54, 1.807) is 4.40 Å². The molecule has 5 heteroatoms. The van der Waals surface area contributed by atoms with E-state index in [1.807, 2.05) is 6.92 Å². The van der Waals surface area contributed by atoms with Gasteiger partial charge in [0.2, 0.25) is 0 Å².